The van der Waals surface area contributed by atoms with Crippen molar-refractivity contribution in [1.82, 2.24) is 0 Å². The highest BCUT2D eigenvalue weighted by Crippen LogP contribution is 2.01. The van der Waals surface area contributed by atoms with Gasteiger partial charge >= 0.3 is 0 Å². The fraction of sp³-hybridized carbons (Fsp3) is 1.00. The van der Waals surface area contributed by atoms with Crippen LogP contribution in [0.4, 0.5) is 0 Å². The number of rotatable bonds is 7. The summed E-state index contributed by atoms with van der Waals surface area (Å²) in [5.74, 6) is 0.0457. The van der Waals surface area contributed by atoms with Gasteiger partial charge in [-0.1, -0.05) is 6.92 Å². The number of hydrogen-bond donors (Lipinski definition) is 0. The van der Waals surface area contributed by atoms with Gasteiger partial charge in [0.25, 0.3) is 0 Å². The van der Waals surface area contributed by atoms with Gasteiger partial charge in [-0.25, -0.2) is 8.42 Å². The molecule has 0 radical (unpaired) electrons. The van der Waals surface area contributed by atoms with Gasteiger partial charge in [0.1, 0.15) is 0 Å². The van der Waals surface area contributed by atoms with Crippen LogP contribution in [0.25, 0.3) is 0 Å². The molecule has 0 fully saturated rings. The first-order valence-electron chi connectivity index (χ1n) is 4.06. The SMILES string of the molecule is CCCOCCCCS(=O)(=O)Cl. The summed E-state index contributed by atoms with van der Waals surface area (Å²) >= 11 is 0. The van der Waals surface area contributed by atoms with E-state index in [0.29, 0.717) is 13.0 Å². The molecular formula is C7H15ClO3S. The molecule has 0 heterocycles. The van der Waals surface area contributed by atoms with Gasteiger partial charge < -0.3 is 4.74 Å². The average Bonchev–Trinajstić information content (AvgIpc) is 1.94. The largest absolute Gasteiger partial charge is 0.381 e. The summed E-state index contributed by atoms with van der Waals surface area (Å²) in [6.07, 6.45) is 2.33. The van der Waals surface area contributed by atoms with E-state index in [2.05, 4.69) is 0 Å². The summed E-state index contributed by atoms with van der Waals surface area (Å²) in [4.78, 5) is 0. The van der Waals surface area contributed by atoms with Crippen molar-refractivity contribution >= 4 is 19.7 Å². The molecule has 0 aromatic carbocycles. The van der Waals surface area contributed by atoms with Crippen molar-refractivity contribution < 1.29 is 13.2 Å². The molecule has 0 unspecified atom stereocenters. The molecule has 0 saturated heterocycles. The smallest absolute Gasteiger partial charge is 0.232 e. The van der Waals surface area contributed by atoms with Crippen molar-refractivity contribution in [2.24, 2.45) is 0 Å². The Hall–Kier alpha value is 0.200. The van der Waals surface area contributed by atoms with Gasteiger partial charge in [-0.3, -0.25) is 0 Å². The Balaban J connectivity index is 3.12. The topological polar surface area (TPSA) is 43.4 Å². The van der Waals surface area contributed by atoms with Crippen molar-refractivity contribution in [3.8, 4) is 0 Å². The molecule has 5 heteroatoms. The molecule has 0 aliphatic rings. The van der Waals surface area contributed by atoms with E-state index in [1.807, 2.05) is 6.92 Å². The standard InChI is InChI=1S/C7H15ClO3S/c1-2-5-11-6-3-4-7-12(8,9)10/h2-7H2,1H3. The minimum atomic E-state index is -3.30. The molecule has 0 aliphatic carbocycles. The van der Waals surface area contributed by atoms with Gasteiger partial charge in [0.15, 0.2) is 0 Å². The van der Waals surface area contributed by atoms with Crippen LogP contribution in [0, 0.1) is 0 Å². The molecule has 0 aliphatic heterocycles. The van der Waals surface area contributed by atoms with Crippen molar-refractivity contribution in [1.29, 1.82) is 0 Å². The van der Waals surface area contributed by atoms with Gasteiger partial charge in [-0.05, 0) is 19.3 Å². The Bertz CT molecular complexity index is 189. The predicted octanol–water partition coefficient (Wildman–Crippen LogP) is 1.76. The van der Waals surface area contributed by atoms with Crippen molar-refractivity contribution in [2.45, 2.75) is 26.2 Å². The van der Waals surface area contributed by atoms with Gasteiger partial charge in [-0.2, -0.15) is 0 Å². The highest BCUT2D eigenvalue weighted by molar-refractivity contribution is 8.13. The van der Waals surface area contributed by atoms with E-state index in [0.717, 1.165) is 19.4 Å². The average molecular weight is 215 g/mol. The number of hydrogen-bond acceptors (Lipinski definition) is 3. The summed E-state index contributed by atoms with van der Waals surface area (Å²) in [6.45, 7) is 3.40. The Labute approximate surface area is 78.5 Å². The molecule has 0 aromatic rings. The summed E-state index contributed by atoms with van der Waals surface area (Å²) in [5.41, 5.74) is 0. The monoisotopic (exact) mass is 214 g/mol. The van der Waals surface area contributed by atoms with Crippen molar-refractivity contribution in [3.05, 3.63) is 0 Å². The molecule has 0 saturated carbocycles. The van der Waals surface area contributed by atoms with Crippen LogP contribution in [0.3, 0.4) is 0 Å². The van der Waals surface area contributed by atoms with Crippen LogP contribution < -0.4 is 0 Å². The molecule has 0 amide bonds. The second-order valence-electron chi connectivity index (χ2n) is 2.56. The Morgan fingerprint density at radius 1 is 1.25 bits per heavy atom. The van der Waals surface area contributed by atoms with Crippen LogP contribution >= 0.6 is 10.7 Å². The highest BCUT2D eigenvalue weighted by atomic mass is 35.7. The first kappa shape index (κ1) is 12.2. The van der Waals surface area contributed by atoms with Gasteiger partial charge in [0, 0.05) is 23.9 Å². The third kappa shape index (κ3) is 10.2. The zero-order valence-corrected chi connectivity index (χ0v) is 8.83. The molecule has 3 nitrogen and oxygen atoms in total. The fourth-order valence-corrected chi connectivity index (χ4v) is 1.60. The molecule has 0 aromatic heterocycles. The second kappa shape index (κ2) is 6.69. The zero-order valence-electron chi connectivity index (χ0n) is 7.25. The number of ether oxygens (including phenoxy) is 1. The van der Waals surface area contributed by atoms with Crippen LogP contribution in [-0.2, 0) is 13.8 Å². The molecular weight excluding hydrogens is 200 g/mol. The first-order chi connectivity index (χ1) is 5.56. The Kier molecular flexibility index (Phi) is 6.80. The molecule has 0 bridgehead atoms. The maximum atomic E-state index is 10.4. The fourth-order valence-electron chi connectivity index (χ4n) is 0.725. The van der Waals surface area contributed by atoms with Gasteiger partial charge in [0.05, 0.1) is 5.75 Å². The zero-order chi connectivity index (χ0) is 9.45. The minimum absolute atomic E-state index is 0.0457. The highest BCUT2D eigenvalue weighted by Gasteiger charge is 2.03. The summed E-state index contributed by atoms with van der Waals surface area (Å²) < 4.78 is 26.0. The second-order valence-corrected chi connectivity index (χ2v) is 5.46. The van der Waals surface area contributed by atoms with Gasteiger partial charge in [0.2, 0.25) is 9.05 Å². The summed E-state index contributed by atoms with van der Waals surface area (Å²) in [5, 5.41) is 0. The maximum Gasteiger partial charge on any atom is 0.232 e. The van der Waals surface area contributed by atoms with E-state index < -0.39 is 9.05 Å². The lowest BCUT2D eigenvalue weighted by molar-refractivity contribution is 0.132. The van der Waals surface area contributed by atoms with Gasteiger partial charge in [-0.15, -0.1) is 0 Å². The summed E-state index contributed by atoms with van der Waals surface area (Å²) in [6, 6.07) is 0. The van der Waals surface area contributed by atoms with E-state index in [-0.39, 0.29) is 5.75 Å². The van der Waals surface area contributed by atoms with E-state index in [4.69, 9.17) is 15.4 Å². The quantitative estimate of drug-likeness (QED) is 0.479. The van der Waals surface area contributed by atoms with Crippen LogP contribution in [0.1, 0.15) is 26.2 Å². The molecule has 74 valence electrons. The van der Waals surface area contributed by atoms with Crippen molar-refractivity contribution in [2.75, 3.05) is 19.0 Å². The lowest BCUT2D eigenvalue weighted by atomic mass is 10.4. The van der Waals surface area contributed by atoms with E-state index in [1.54, 1.807) is 0 Å². The lowest BCUT2D eigenvalue weighted by Gasteiger charge is -2.00. The predicted molar refractivity (Wildman–Crippen MR) is 50.0 cm³/mol. The van der Waals surface area contributed by atoms with E-state index >= 15 is 0 Å². The van der Waals surface area contributed by atoms with Crippen LogP contribution in [0.2, 0.25) is 0 Å². The van der Waals surface area contributed by atoms with E-state index in [9.17, 15) is 8.42 Å². The number of halogens is 1. The lowest BCUT2D eigenvalue weighted by Crippen LogP contribution is -2.01. The van der Waals surface area contributed by atoms with Crippen LogP contribution in [0.5, 0.6) is 0 Å². The third-order valence-corrected chi connectivity index (χ3v) is 2.51. The molecule has 0 atom stereocenters. The van der Waals surface area contributed by atoms with Crippen LogP contribution in [0.15, 0.2) is 0 Å². The first-order valence-corrected chi connectivity index (χ1v) is 6.54. The molecule has 12 heavy (non-hydrogen) atoms. The van der Waals surface area contributed by atoms with E-state index in [1.165, 1.54) is 0 Å². The molecule has 0 rings (SSSR count). The minimum Gasteiger partial charge on any atom is -0.381 e. The maximum absolute atomic E-state index is 10.4. The Morgan fingerprint density at radius 2 is 1.92 bits per heavy atom. The third-order valence-electron chi connectivity index (χ3n) is 1.28. The van der Waals surface area contributed by atoms with Crippen LogP contribution in [-0.4, -0.2) is 27.4 Å². The molecule has 0 N–H and O–H groups in total. The van der Waals surface area contributed by atoms with Crippen molar-refractivity contribution in [3.63, 3.8) is 0 Å². The normalized spacial score (nSPS) is 11.8. The number of unbranched alkanes of at least 4 members (excludes halogenated alkanes) is 1. The summed E-state index contributed by atoms with van der Waals surface area (Å²) in [7, 11) is 1.70. The Morgan fingerprint density at radius 3 is 2.42 bits per heavy atom. The molecule has 0 spiro atoms.